The van der Waals surface area contributed by atoms with Crippen molar-refractivity contribution >= 4 is 5.97 Å². The van der Waals surface area contributed by atoms with E-state index in [1.54, 1.807) is 0 Å². The number of rotatable bonds is 7. The Morgan fingerprint density at radius 2 is 1.93 bits per heavy atom. The van der Waals surface area contributed by atoms with Crippen LogP contribution < -0.4 is 4.74 Å². The van der Waals surface area contributed by atoms with Crippen molar-refractivity contribution < 1.29 is 18.8 Å². The molecule has 140 valence electrons. The summed E-state index contributed by atoms with van der Waals surface area (Å²) in [5, 5.41) is 3.88. The van der Waals surface area contributed by atoms with Gasteiger partial charge >= 0.3 is 5.97 Å². The van der Waals surface area contributed by atoms with Crippen molar-refractivity contribution in [1.29, 1.82) is 0 Å². The molecule has 0 aliphatic carbocycles. The highest BCUT2D eigenvalue weighted by Crippen LogP contribution is 2.23. The molecule has 0 aliphatic heterocycles. The van der Waals surface area contributed by atoms with Crippen molar-refractivity contribution in [1.82, 2.24) is 10.1 Å². The van der Waals surface area contributed by atoms with Crippen molar-refractivity contribution in [2.24, 2.45) is 0 Å². The summed E-state index contributed by atoms with van der Waals surface area (Å²) in [5.74, 6) is 1.27. The fourth-order valence-electron chi connectivity index (χ4n) is 2.73. The predicted molar refractivity (Wildman–Crippen MR) is 100 cm³/mol. The quantitative estimate of drug-likeness (QED) is 0.581. The number of carbonyl (C=O) groups is 1. The third-order valence-corrected chi connectivity index (χ3v) is 4.08. The molecule has 1 aromatic heterocycles. The Bertz CT molecular complexity index is 904. The standard InChI is InChI=1S/C21H22N2O4/c1-14(2)18-10-9-17(11-15(18)3)25-13-20(24)26-12-19-22-21(23-27-19)16-7-5-4-6-8-16/h4-11,14H,12-13H2,1-3H3. The first-order chi connectivity index (χ1) is 13.0. The molecule has 0 unspecified atom stereocenters. The van der Waals surface area contributed by atoms with Gasteiger partial charge in [0.1, 0.15) is 5.75 Å². The Labute approximate surface area is 158 Å². The van der Waals surface area contributed by atoms with Crippen LogP contribution in [0.3, 0.4) is 0 Å². The van der Waals surface area contributed by atoms with Crippen LogP contribution in [0.1, 0.15) is 36.8 Å². The second-order valence-corrected chi connectivity index (χ2v) is 6.50. The van der Waals surface area contributed by atoms with E-state index in [4.69, 9.17) is 14.0 Å². The van der Waals surface area contributed by atoms with Crippen LogP contribution in [0, 0.1) is 6.92 Å². The number of hydrogen-bond acceptors (Lipinski definition) is 6. The summed E-state index contributed by atoms with van der Waals surface area (Å²) in [6, 6.07) is 15.2. The molecule has 0 saturated heterocycles. The van der Waals surface area contributed by atoms with Crippen LogP contribution in [0.25, 0.3) is 11.4 Å². The zero-order chi connectivity index (χ0) is 19.2. The summed E-state index contributed by atoms with van der Waals surface area (Å²) in [6.07, 6.45) is 0. The Balaban J connectivity index is 1.49. The lowest BCUT2D eigenvalue weighted by molar-refractivity contribution is -0.148. The van der Waals surface area contributed by atoms with Crippen LogP contribution in [0.15, 0.2) is 53.1 Å². The van der Waals surface area contributed by atoms with Gasteiger partial charge in [-0.15, -0.1) is 0 Å². The topological polar surface area (TPSA) is 74.5 Å². The van der Waals surface area contributed by atoms with E-state index in [-0.39, 0.29) is 19.1 Å². The number of hydrogen-bond donors (Lipinski definition) is 0. The molecule has 0 bridgehead atoms. The summed E-state index contributed by atoms with van der Waals surface area (Å²) in [4.78, 5) is 16.1. The number of aryl methyl sites for hydroxylation is 1. The molecular formula is C21H22N2O4. The number of nitrogens with zero attached hydrogens (tertiary/aromatic N) is 2. The average Bonchev–Trinajstić information content (AvgIpc) is 3.14. The van der Waals surface area contributed by atoms with Crippen LogP contribution in [0.5, 0.6) is 5.75 Å². The summed E-state index contributed by atoms with van der Waals surface area (Å²) < 4.78 is 15.7. The zero-order valence-corrected chi connectivity index (χ0v) is 15.6. The van der Waals surface area contributed by atoms with Crippen LogP contribution in [-0.2, 0) is 16.1 Å². The Kier molecular flexibility index (Phi) is 5.86. The van der Waals surface area contributed by atoms with Crippen molar-refractivity contribution in [2.75, 3.05) is 6.61 Å². The fourth-order valence-corrected chi connectivity index (χ4v) is 2.73. The van der Waals surface area contributed by atoms with E-state index in [0.29, 0.717) is 17.5 Å². The third kappa shape index (κ3) is 4.94. The molecule has 0 radical (unpaired) electrons. The molecule has 0 saturated carbocycles. The van der Waals surface area contributed by atoms with E-state index in [2.05, 4.69) is 24.0 Å². The summed E-state index contributed by atoms with van der Waals surface area (Å²) in [6.45, 7) is 6.04. The first-order valence-electron chi connectivity index (χ1n) is 8.80. The highest BCUT2D eigenvalue weighted by atomic mass is 16.6. The largest absolute Gasteiger partial charge is 0.482 e. The Morgan fingerprint density at radius 1 is 1.15 bits per heavy atom. The molecule has 27 heavy (non-hydrogen) atoms. The second kappa shape index (κ2) is 8.49. The molecule has 0 fully saturated rings. The minimum Gasteiger partial charge on any atom is -0.482 e. The molecule has 0 N–H and O–H groups in total. The first kappa shape index (κ1) is 18.6. The van der Waals surface area contributed by atoms with Crippen LogP contribution in [0.2, 0.25) is 0 Å². The molecule has 0 atom stereocenters. The maximum absolute atomic E-state index is 11.9. The van der Waals surface area contributed by atoms with Gasteiger partial charge in [-0.25, -0.2) is 4.79 Å². The van der Waals surface area contributed by atoms with Gasteiger partial charge in [0, 0.05) is 5.56 Å². The number of aromatic nitrogens is 2. The van der Waals surface area contributed by atoms with Crippen LogP contribution >= 0.6 is 0 Å². The fraction of sp³-hybridized carbons (Fsp3) is 0.286. The molecule has 6 nitrogen and oxygen atoms in total. The monoisotopic (exact) mass is 366 g/mol. The number of esters is 1. The molecule has 3 aromatic rings. The van der Waals surface area contributed by atoms with Gasteiger partial charge in [-0.2, -0.15) is 4.98 Å². The van der Waals surface area contributed by atoms with Gasteiger partial charge in [0.2, 0.25) is 5.82 Å². The number of carbonyl (C=O) groups excluding carboxylic acids is 1. The lowest BCUT2D eigenvalue weighted by Crippen LogP contribution is -2.15. The minimum absolute atomic E-state index is 0.0899. The second-order valence-electron chi connectivity index (χ2n) is 6.50. The van der Waals surface area contributed by atoms with E-state index < -0.39 is 5.97 Å². The predicted octanol–water partition coefficient (Wildman–Crippen LogP) is 4.29. The van der Waals surface area contributed by atoms with Gasteiger partial charge in [-0.3, -0.25) is 0 Å². The van der Waals surface area contributed by atoms with Crippen LogP contribution in [-0.4, -0.2) is 22.7 Å². The maximum atomic E-state index is 11.9. The zero-order valence-electron chi connectivity index (χ0n) is 15.6. The average molecular weight is 366 g/mol. The Morgan fingerprint density at radius 3 is 2.63 bits per heavy atom. The molecule has 2 aromatic carbocycles. The molecule has 6 heteroatoms. The van der Waals surface area contributed by atoms with E-state index in [0.717, 1.165) is 11.1 Å². The molecular weight excluding hydrogens is 344 g/mol. The van der Waals surface area contributed by atoms with E-state index in [1.807, 2.05) is 55.5 Å². The van der Waals surface area contributed by atoms with Crippen molar-refractivity contribution in [2.45, 2.75) is 33.3 Å². The molecule has 1 heterocycles. The lowest BCUT2D eigenvalue weighted by atomic mass is 9.98. The SMILES string of the molecule is Cc1cc(OCC(=O)OCc2nc(-c3ccccc3)no2)ccc1C(C)C. The molecule has 0 aliphatic rings. The molecule has 3 rings (SSSR count). The van der Waals surface area contributed by atoms with Gasteiger partial charge in [0.05, 0.1) is 0 Å². The van der Waals surface area contributed by atoms with Gasteiger partial charge in [-0.05, 0) is 36.1 Å². The highest BCUT2D eigenvalue weighted by molar-refractivity contribution is 5.71. The maximum Gasteiger partial charge on any atom is 0.344 e. The molecule has 0 amide bonds. The van der Waals surface area contributed by atoms with Crippen LogP contribution in [0.4, 0.5) is 0 Å². The summed E-state index contributed by atoms with van der Waals surface area (Å²) in [5.41, 5.74) is 3.23. The first-order valence-corrected chi connectivity index (χ1v) is 8.80. The van der Waals surface area contributed by atoms with E-state index in [1.165, 1.54) is 5.56 Å². The third-order valence-electron chi connectivity index (χ3n) is 4.08. The van der Waals surface area contributed by atoms with Gasteiger partial charge in [-0.1, -0.05) is 55.4 Å². The summed E-state index contributed by atoms with van der Waals surface area (Å²) >= 11 is 0. The smallest absolute Gasteiger partial charge is 0.344 e. The van der Waals surface area contributed by atoms with Gasteiger partial charge in [0.15, 0.2) is 13.2 Å². The van der Waals surface area contributed by atoms with Gasteiger partial charge in [0.25, 0.3) is 5.89 Å². The van der Waals surface area contributed by atoms with E-state index in [9.17, 15) is 4.79 Å². The minimum atomic E-state index is -0.500. The molecule has 0 spiro atoms. The Hall–Kier alpha value is -3.15. The number of ether oxygens (including phenoxy) is 2. The highest BCUT2D eigenvalue weighted by Gasteiger charge is 2.12. The van der Waals surface area contributed by atoms with Crippen molar-refractivity contribution in [3.8, 4) is 17.1 Å². The summed E-state index contributed by atoms with van der Waals surface area (Å²) in [7, 11) is 0. The normalized spacial score (nSPS) is 10.8. The van der Waals surface area contributed by atoms with Crippen molar-refractivity contribution in [3.05, 3.63) is 65.5 Å². The lowest BCUT2D eigenvalue weighted by Gasteiger charge is -2.12. The van der Waals surface area contributed by atoms with Crippen molar-refractivity contribution in [3.63, 3.8) is 0 Å². The van der Waals surface area contributed by atoms with E-state index >= 15 is 0 Å². The number of benzene rings is 2. The van der Waals surface area contributed by atoms with Gasteiger partial charge < -0.3 is 14.0 Å².